The number of fused-ring (bicyclic) bond motifs is 1. The molecule has 0 saturated carbocycles. The molecule has 0 amide bonds. The second-order valence-corrected chi connectivity index (χ2v) is 10.4. The predicted octanol–water partition coefficient (Wildman–Crippen LogP) is 6.14. The van der Waals surface area contributed by atoms with Crippen LogP contribution < -0.4 is 10.3 Å². The highest BCUT2D eigenvalue weighted by molar-refractivity contribution is 6.30. The zero-order valence-electron chi connectivity index (χ0n) is 21.4. The fourth-order valence-electron chi connectivity index (χ4n) is 5.39. The summed E-state index contributed by atoms with van der Waals surface area (Å²) in [6.45, 7) is 2.78. The number of rotatable bonds is 10. The number of hydrogen-bond donors (Lipinski definition) is 0. The lowest BCUT2D eigenvalue weighted by atomic mass is 10.0. The van der Waals surface area contributed by atoms with Crippen LogP contribution in [0, 0.1) is 0 Å². The van der Waals surface area contributed by atoms with Gasteiger partial charge in [-0.05, 0) is 86.7 Å². The molecule has 6 heteroatoms. The smallest absolute Gasteiger partial charge is 0.274 e. The van der Waals surface area contributed by atoms with Crippen molar-refractivity contribution >= 4 is 22.4 Å². The molecule has 1 aliphatic heterocycles. The molecule has 2 heterocycles. The van der Waals surface area contributed by atoms with Gasteiger partial charge in [0.15, 0.2) is 0 Å². The Balaban J connectivity index is 1.27. The van der Waals surface area contributed by atoms with Crippen LogP contribution >= 0.6 is 11.6 Å². The Morgan fingerprint density at radius 3 is 2.43 bits per heavy atom. The molecule has 0 N–H and O–H groups in total. The van der Waals surface area contributed by atoms with Gasteiger partial charge >= 0.3 is 0 Å². The van der Waals surface area contributed by atoms with Crippen molar-refractivity contribution in [3.8, 4) is 5.75 Å². The van der Waals surface area contributed by atoms with Crippen LogP contribution in [0.3, 0.4) is 0 Å². The Bertz CT molecular complexity index is 1380. The Kier molecular flexibility index (Phi) is 8.22. The minimum Gasteiger partial charge on any atom is -0.497 e. The molecular formula is C31H34ClN3O2. The number of aromatic nitrogens is 2. The molecule has 1 unspecified atom stereocenters. The Hall–Kier alpha value is -3.15. The van der Waals surface area contributed by atoms with Gasteiger partial charge in [-0.25, -0.2) is 4.68 Å². The second kappa shape index (κ2) is 11.9. The fourth-order valence-corrected chi connectivity index (χ4v) is 5.51. The molecule has 1 fully saturated rings. The average Bonchev–Trinajstić information content (AvgIpc) is 3.37. The first-order valence-corrected chi connectivity index (χ1v) is 13.6. The largest absolute Gasteiger partial charge is 0.497 e. The lowest BCUT2D eigenvalue weighted by molar-refractivity contribution is 0.221. The van der Waals surface area contributed by atoms with Crippen LogP contribution in [0.2, 0.25) is 5.02 Å². The van der Waals surface area contributed by atoms with Gasteiger partial charge in [-0.3, -0.25) is 9.69 Å². The topological polar surface area (TPSA) is 47.4 Å². The number of nitrogens with zero attached hydrogens (tertiary/aromatic N) is 3. The van der Waals surface area contributed by atoms with Gasteiger partial charge in [0.25, 0.3) is 5.56 Å². The molecule has 192 valence electrons. The van der Waals surface area contributed by atoms with Crippen LogP contribution in [0.25, 0.3) is 10.8 Å². The van der Waals surface area contributed by atoms with Gasteiger partial charge in [0.05, 0.1) is 24.7 Å². The summed E-state index contributed by atoms with van der Waals surface area (Å²) in [7, 11) is 1.70. The van der Waals surface area contributed by atoms with Crippen LogP contribution in [0.5, 0.6) is 5.75 Å². The van der Waals surface area contributed by atoms with E-state index in [-0.39, 0.29) is 5.56 Å². The van der Waals surface area contributed by atoms with Crippen molar-refractivity contribution in [2.75, 3.05) is 20.2 Å². The van der Waals surface area contributed by atoms with Crippen molar-refractivity contribution in [2.24, 2.45) is 0 Å². The maximum atomic E-state index is 13.4. The normalized spacial score (nSPS) is 15.9. The van der Waals surface area contributed by atoms with E-state index in [0.717, 1.165) is 71.6 Å². The number of hydrogen-bond acceptors (Lipinski definition) is 4. The molecule has 1 saturated heterocycles. The monoisotopic (exact) mass is 515 g/mol. The maximum Gasteiger partial charge on any atom is 0.274 e. The summed E-state index contributed by atoms with van der Waals surface area (Å²) < 4.78 is 6.97. The highest BCUT2D eigenvalue weighted by atomic mass is 35.5. The van der Waals surface area contributed by atoms with Gasteiger partial charge < -0.3 is 4.74 Å². The summed E-state index contributed by atoms with van der Waals surface area (Å²) in [6, 6.07) is 24.4. The van der Waals surface area contributed by atoms with Gasteiger partial charge in [0, 0.05) is 22.9 Å². The average molecular weight is 516 g/mol. The first kappa shape index (κ1) is 25.5. The summed E-state index contributed by atoms with van der Waals surface area (Å²) in [4.78, 5) is 15.9. The molecule has 1 atom stereocenters. The minimum atomic E-state index is 0.00168. The molecule has 0 aliphatic carbocycles. The van der Waals surface area contributed by atoms with E-state index in [2.05, 4.69) is 17.0 Å². The van der Waals surface area contributed by atoms with Crippen molar-refractivity contribution in [2.45, 2.75) is 51.1 Å². The highest BCUT2D eigenvalue weighted by Gasteiger charge is 2.25. The lowest BCUT2D eigenvalue weighted by Gasteiger charge is -2.25. The molecule has 4 aromatic rings. The van der Waals surface area contributed by atoms with E-state index in [1.807, 2.05) is 60.7 Å². The molecule has 0 bridgehead atoms. The number of likely N-dealkylation sites (tertiary alicyclic amines) is 1. The van der Waals surface area contributed by atoms with Crippen molar-refractivity contribution in [3.05, 3.63) is 105 Å². The first-order valence-electron chi connectivity index (χ1n) is 13.2. The van der Waals surface area contributed by atoms with E-state index in [0.29, 0.717) is 19.0 Å². The molecule has 3 aromatic carbocycles. The van der Waals surface area contributed by atoms with Crippen LogP contribution in [0.15, 0.2) is 77.6 Å². The zero-order chi connectivity index (χ0) is 25.6. The van der Waals surface area contributed by atoms with Crippen molar-refractivity contribution < 1.29 is 4.74 Å². The van der Waals surface area contributed by atoms with Gasteiger partial charge in [-0.15, -0.1) is 0 Å². The van der Waals surface area contributed by atoms with Crippen LogP contribution in [-0.2, 0) is 19.4 Å². The third kappa shape index (κ3) is 6.23. The third-order valence-corrected chi connectivity index (χ3v) is 7.68. The Morgan fingerprint density at radius 1 is 0.946 bits per heavy atom. The van der Waals surface area contributed by atoms with Gasteiger partial charge in [-0.2, -0.15) is 5.10 Å². The zero-order valence-corrected chi connectivity index (χ0v) is 22.2. The Morgan fingerprint density at radius 2 is 1.68 bits per heavy atom. The number of halogens is 1. The van der Waals surface area contributed by atoms with E-state index in [4.69, 9.17) is 21.4 Å². The summed E-state index contributed by atoms with van der Waals surface area (Å²) in [5, 5.41) is 7.29. The van der Waals surface area contributed by atoms with Crippen LogP contribution in [-0.4, -0.2) is 40.9 Å². The Labute approximate surface area is 223 Å². The summed E-state index contributed by atoms with van der Waals surface area (Å²) in [5.74, 6) is 0.900. The van der Waals surface area contributed by atoms with E-state index >= 15 is 0 Å². The molecule has 5 rings (SSSR count). The van der Waals surface area contributed by atoms with Crippen LogP contribution in [0.4, 0.5) is 0 Å². The maximum absolute atomic E-state index is 13.4. The van der Waals surface area contributed by atoms with Crippen molar-refractivity contribution in [3.63, 3.8) is 0 Å². The van der Waals surface area contributed by atoms with E-state index in [9.17, 15) is 4.79 Å². The summed E-state index contributed by atoms with van der Waals surface area (Å²) >= 11 is 6.08. The van der Waals surface area contributed by atoms with E-state index in [1.54, 1.807) is 11.8 Å². The molecule has 5 nitrogen and oxygen atoms in total. The molecule has 1 aromatic heterocycles. The van der Waals surface area contributed by atoms with Crippen LogP contribution in [0.1, 0.15) is 42.5 Å². The van der Waals surface area contributed by atoms with Gasteiger partial charge in [0.2, 0.25) is 0 Å². The first-order chi connectivity index (χ1) is 18.1. The molecule has 0 radical (unpaired) electrons. The predicted molar refractivity (Wildman–Crippen MR) is 151 cm³/mol. The molecule has 37 heavy (non-hydrogen) atoms. The number of methoxy groups -OCH3 is 1. The molecular weight excluding hydrogens is 482 g/mol. The second-order valence-electron chi connectivity index (χ2n) is 9.92. The van der Waals surface area contributed by atoms with E-state index in [1.165, 1.54) is 12.0 Å². The third-order valence-electron chi connectivity index (χ3n) is 7.43. The van der Waals surface area contributed by atoms with Gasteiger partial charge in [0.1, 0.15) is 5.75 Å². The standard InChI is InChI=1S/C31H34ClN3O2/c1-37-27-17-13-23(14-18-27)7-4-5-19-34-20-6-8-26(34)22-35-31(36)29-10-3-2-9-28(29)30(33-35)21-24-11-15-25(32)16-12-24/h2-3,9-18,26H,4-8,19-22H2,1H3. The summed E-state index contributed by atoms with van der Waals surface area (Å²) in [5.41, 5.74) is 3.41. The molecule has 0 spiro atoms. The number of unbranched alkanes of at least 4 members (excludes halogenated alkanes) is 1. The lowest BCUT2D eigenvalue weighted by Crippen LogP contribution is -2.38. The molecule has 1 aliphatic rings. The fraction of sp³-hybridized carbons (Fsp3) is 0.355. The number of ether oxygens (including phenoxy) is 1. The van der Waals surface area contributed by atoms with E-state index < -0.39 is 0 Å². The van der Waals surface area contributed by atoms with Crippen molar-refractivity contribution in [1.29, 1.82) is 0 Å². The summed E-state index contributed by atoms with van der Waals surface area (Å²) in [6.07, 6.45) is 6.30. The number of benzene rings is 3. The SMILES string of the molecule is COc1ccc(CCCCN2CCCC2Cn2nc(Cc3ccc(Cl)cc3)c3ccccc3c2=O)cc1. The minimum absolute atomic E-state index is 0.00168. The van der Waals surface area contributed by atoms with Crippen molar-refractivity contribution in [1.82, 2.24) is 14.7 Å². The highest BCUT2D eigenvalue weighted by Crippen LogP contribution is 2.22. The number of aryl methyl sites for hydroxylation is 1. The quantitative estimate of drug-likeness (QED) is 0.238. The van der Waals surface area contributed by atoms with Gasteiger partial charge in [-0.1, -0.05) is 54.1 Å².